The Balaban J connectivity index is 1.90. The molecular weight excluding hydrogens is 522 g/mol. The van der Waals surface area contributed by atoms with Crippen LogP contribution in [0, 0.1) is 6.92 Å². The Kier molecular flexibility index (Phi) is 7.26. The highest BCUT2D eigenvalue weighted by molar-refractivity contribution is 6.00. The Labute approximate surface area is 248 Å². The second-order valence-electron chi connectivity index (χ2n) is 13.3. The van der Waals surface area contributed by atoms with Gasteiger partial charge >= 0.3 is 5.97 Å². The smallest absolute Gasteiger partial charge is 0.343 e. The predicted octanol–water partition coefficient (Wildman–Crippen LogP) is 7.67. The van der Waals surface area contributed by atoms with E-state index in [2.05, 4.69) is 46.9 Å². The van der Waals surface area contributed by atoms with E-state index in [1.807, 2.05) is 73.7 Å². The molecule has 0 aromatic heterocycles. The number of phenols is 1. The third-order valence-electron chi connectivity index (χ3n) is 8.09. The molecule has 0 fully saturated rings. The predicted molar refractivity (Wildman–Crippen MR) is 166 cm³/mol. The Morgan fingerprint density at radius 3 is 1.90 bits per heavy atom. The third kappa shape index (κ3) is 5.09. The van der Waals surface area contributed by atoms with Gasteiger partial charge in [0.25, 0.3) is 5.91 Å². The Hall–Kier alpha value is -4.38. The molecule has 42 heavy (non-hydrogen) atoms. The summed E-state index contributed by atoms with van der Waals surface area (Å²) >= 11 is 0. The fourth-order valence-corrected chi connectivity index (χ4v) is 5.94. The van der Waals surface area contributed by atoms with Gasteiger partial charge in [-0.1, -0.05) is 120 Å². The van der Waals surface area contributed by atoms with Crippen LogP contribution in [0.5, 0.6) is 11.5 Å². The zero-order valence-electron chi connectivity index (χ0n) is 25.4. The summed E-state index contributed by atoms with van der Waals surface area (Å²) in [4.78, 5) is 28.4. The Bertz CT molecular complexity index is 1610. The van der Waals surface area contributed by atoms with Crippen LogP contribution in [0.2, 0.25) is 0 Å². The highest BCUT2D eigenvalue weighted by atomic mass is 16.5. The van der Waals surface area contributed by atoms with Gasteiger partial charge in [-0.25, -0.2) is 4.79 Å². The highest BCUT2D eigenvalue weighted by Gasteiger charge is 2.55. The molecule has 2 N–H and O–H groups in total. The maximum absolute atomic E-state index is 14.5. The van der Waals surface area contributed by atoms with E-state index in [-0.39, 0.29) is 11.7 Å². The number of carbonyl (C=O) groups excluding carboxylic acids is 2. The number of ether oxygens (including phenoxy) is 1. The largest absolute Gasteiger partial charge is 0.507 e. The molecule has 1 aliphatic rings. The third-order valence-corrected chi connectivity index (χ3v) is 8.09. The Morgan fingerprint density at radius 1 is 0.810 bits per heavy atom. The summed E-state index contributed by atoms with van der Waals surface area (Å²) < 4.78 is 6.06. The number of hydrogen-bond acceptors (Lipinski definition) is 4. The summed E-state index contributed by atoms with van der Waals surface area (Å²) in [6.07, 6.45) is 0. The molecule has 0 bridgehead atoms. The fourth-order valence-electron chi connectivity index (χ4n) is 5.94. The van der Waals surface area contributed by atoms with Crippen molar-refractivity contribution >= 4 is 11.9 Å². The molecular formula is C37H39NO4. The van der Waals surface area contributed by atoms with Crippen LogP contribution in [0.1, 0.15) is 91.2 Å². The summed E-state index contributed by atoms with van der Waals surface area (Å²) in [5.41, 5.74) is 2.80. The first-order chi connectivity index (χ1) is 19.7. The maximum atomic E-state index is 14.5. The monoisotopic (exact) mass is 561 g/mol. The molecule has 5 heteroatoms. The zero-order valence-corrected chi connectivity index (χ0v) is 25.4. The average Bonchev–Trinajstić information content (AvgIpc) is 2.93. The van der Waals surface area contributed by atoms with Gasteiger partial charge in [-0.3, -0.25) is 4.79 Å². The minimum absolute atomic E-state index is 0.250. The average molecular weight is 562 g/mol. The minimum Gasteiger partial charge on any atom is -0.507 e. The number of amides is 1. The van der Waals surface area contributed by atoms with Gasteiger partial charge < -0.3 is 15.2 Å². The molecule has 0 radical (unpaired) electrons. The molecule has 1 heterocycles. The van der Waals surface area contributed by atoms with E-state index in [1.54, 1.807) is 24.3 Å². The first-order valence-electron chi connectivity index (χ1n) is 14.4. The minimum atomic E-state index is -1.60. The quantitative estimate of drug-likeness (QED) is 0.198. The van der Waals surface area contributed by atoms with Crippen molar-refractivity contribution in [2.75, 3.05) is 0 Å². The number of nitrogens with one attached hydrogen (secondary N) is 1. The molecule has 0 spiro atoms. The van der Waals surface area contributed by atoms with Crippen molar-refractivity contribution in [1.29, 1.82) is 0 Å². The van der Waals surface area contributed by atoms with Gasteiger partial charge in [0.05, 0.1) is 5.92 Å². The molecule has 0 aliphatic carbocycles. The number of fused-ring (bicyclic) bond motifs is 1. The van der Waals surface area contributed by atoms with Crippen LogP contribution in [0.25, 0.3) is 0 Å². The van der Waals surface area contributed by atoms with E-state index in [0.29, 0.717) is 16.9 Å². The summed E-state index contributed by atoms with van der Waals surface area (Å²) in [5, 5.41) is 14.7. The molecule has 0 saturated carbocycles. The van der Waals surface area contributed by atoms with Crippen LogP contribution in [0.4, 0.5) is 0 Å². The van der Waals surface area contributed by atoms with Crippen molar-refractivity contribution < 1.29 is 19.4 Å². The van der Waals surface area contributed by atoms with E-state index in [9.17, 15) is 14.7 Å². The van der Waals surface area contributed by atoms with Gasteiger partial charge in [0, 0.05) is 11.1 Å². The van der Waals surface area contributed by atoms with E-state index in [4.69, 9.17) is 4.74 Å². The number of benzene rings is 4. The van der Waals surface area contributed by atoms with Gasteiger partial charge in [-0.15, -0.1) is 0 Å². The lowest BCUT2D eigenvalue weighted by Crippen LogP contribution is -2.59. The Morgan fingerprint density at radius 2 is 1.36 bits per heavy atom. The van der Waals surface area contributed by atoms with Crippen LogP contribution < -0.4 is 10.1 Å². The van der Waals surface area contributed by atoms with Crippen LogP contribution in [0.3, 0.4) is 0 Å². The highest BCUT2D eigenvalue weighted by Crippen LogP contribution is 2.52. The number of aromatic hydroxyl groups is 1. The normalized spacial score (nSPS) is 18.6. The molecule has 2 atom stereocenters. The first kappa shape index (κ1) is 29.1. The van der Waals surface area contributed by atoms with Gasteiger partial charge in [0.15, 0.2) is 5.54 Å². The van der Waals surface area contributed by atoms with Crippen molar-refractivity contribution in [1.82, 2.24) is 5.32 Å². The number of aryl methyl sites for hydroxylation is 1. The number of phenolic OH excluding ortho intramolecular Hbond substituents is 1. The summed E-state index contributed by atoms with van der Waals surface area (Å²) in [6, 6.07) is 28.0. The molecule has 1 amide bonds. The van der Waals surface area contributed by atoms with Gasteiger partial charge in [-0.05, 0) is 58.2 Å². The van der Waals surface area contributed by atoms with Gasteiger partial charge in [-0.2, -0.15) is 0 Å². The number of hydrogen-bond donors (Lipinski definition) is 2. The topological polar surface area (TPSA) is 75.6 Å². The van der Waals surface area contributed by atoms with E-state index in [1.165, 1.54) is 0 Å². The lowest BCUT2D eigenvalue weighted by atomic mass is 9.67. The summed E-state index contributed by atoms with van der Waals surface area (Å²) in [6.45, 7) is 14.4. The molecule has 0 unspecified atom stereocenters. The van der Waals surface area contributed by atoms with Gasteiger partial charge in [0.2, 0.25) is 0 Å². The molecule has 4 aromatic carbocycles. The van der Waals surface area contributed by atoms with Crippen molar-refractivity contribution in [2.45, 2.75) is 70.8 Å². The second kappa shape index (κ2) is 10.5. The van der Waals surface area contributed by atoms with E-state index in [0.717, 1.165) is 27.8 Å². The van der Waals surface area contributed by atoms with Crippen LogP contribution >= 0.6 is 0 Å². The summed E-state index contributed by atoms with van der Waals surface area (Å²) in [5.74, 6) is -0.907. The standard InChI is InChI=1S/C37H39NO4/c1-23-18-19-30-27(20-23)31(25-21-28(35(2,3)4)32(39)29(22-25)36(5,6)7)37(34(41)42-30,26-16-12-9-13-17-26)38-33(40)24-14-10-8-11-15-24/h8-22,31,39H,1-7H3,(H,38,40)/t31-,37+/m1/s1. The van der Waals surface area contributed by atoms with Crippen LogP contribution in [-0.2, 0) is 21.2 Å². The van der Waals surface area contributed by atoms with Crippen molar-refractivity contribution in [3.8, 4) is 11.5 Å². The zero-order chi connectivity index (χ0) is 30.4. The van der Waals surface area contributed by atoms with Crippen molar-refractivity contribution in [3.63, 3.8) is 0 Å². The number of rotatable bonds is 4. The molecule has 5 rings (SSSR count). The van der Waals surface area contributed by atoms with Crippen LogP contribution in [0.15, 0.2) is 91.0 Å². The van der Waals surface area contributed by atoms with E-state index < -0.39 is 28.3 Å². The number of esters is 1. The van der Waals surface area contributed by atoms with Crippen molar-refractivity contribution in [2.24, 2.45) is 0 Å². The molecule has 0 saturated heterocycles. The molecule has 1 aliphatic heterocycles. The maximum Gasteiger partial charge on any atom is 0.343 e. The first-order valence-corrected chi connectivity index (χ1v) is 14.4. The SMILES string of the molecule is Cc1ccc2c(c1)[C@@H](c1cc(C(C)(C)C)c(O)c(C(C)(C)C)c1)[C@@](NC(=O)c1ccccc1)(c1ccccc1)C(=O)O2. The molecule has 216 valence electrons. The molecule has 4 aromatic rings. The lowest BCUT2D eigenvalue weighted by Gasteiger charge is -2.44. The van der Waals surface area contributed by atoms with Crippen LogP contribution in [-0.4, -0.2) is 17.0 Å². The lowest BCUT2D eigenvalue weighted by molar-refractivity contribution is -0.144. The fraction of sp³-hybridized carbons (Fsp3) is 0.297. The summed E-state index contributed by atoms with van der Waals surface area (Å²) in [7, 11) is 0. The second-order valence-corrected chi connectivity index (χ2v) is 13.3. The van der Waals surface area contributed by atoms with Gasteiger partial charge in [0.1, 0.15) is 11.5 Å². The number of carbonyl (C=O) groups is 2. The molecule has 5 nitrogen and oxygen atoms in total. The van der Waals surface area contributed by atoms with E-state index >= 15 is 0 Å². The van der Waals surface area contributed by atoms with Crippen molar-refractivity contribution in [3.05, 3.63) is 130 Å².